The number of nitrogens with one attached hydrogen (secondary N) is 1. The Labute approximate surface area is 199 Å². The summed E-state index contributed by atoms with van der Waals surface area (Å²) in [6, 6.07) is 24.3. The van der Waals surface area contributed by atoms with E-state index in [1.165, 1.54) is 12.1 Å². The number of benzene rings is 3. The second-order valence-electron chi connectivity index (χ2n) is 9.68. The minimum atomic E-state index is -2.87. The summed E-state index contributed by atoms with van der Waals surface area (Å²) in [5, 5.41) is 26.2. The van der Waals surface area contributed by atoms with Gasteiger partial charge in [-0.3, -0.25) is 10.1 Å². The van der Waals surface area contributed by atoms with Crippen LogP contribution in [0.15, 0.2) is 78.9 Å². The molecule has 0 aliphatic heterocycles. The van der Waals surface area contributed by atoms with Crippen molar-refractivity contribution in [3.63, 3.8) is 0 Å². The summed E-state index contributed by atoms with van der Waals surface area (Å²) in [5.74, 6) is -1.23. The quantitative estimate of drug-likeness (QED) is 0.210. The zero-order valence-corrected chi connectivity index (χ0v) is 20.4. The highest BCUT2D eigenvalue weighted by atomic mass is 28.4. The van der Waals surface area contributed by atoms with E-state index in [2.05, 4.69) is 50.4 Å². The van der Waals surface area contributed by atoms with Gasteiger partial charge in [0, 0.05) is 12.1 Å². The summed E-state index contributed by atoms with van der Waals surface area (Å²) in [5.41, 5.74) is -0.855. The number of aromatic carboxylic acids is 1. The highest BCUT2D eigenvalue weighted by Gasteiger charge is 2.58. The van der Waals surface area contributed by atoms with E-state index in [0.29, 0.717) is 18.5 Å². The van der Waals surface area contributed by atoms with Crippen LogP contribution in [0.25, 0.3) is 0 Å². The summed E-state index contributed by atoms with van der Waals surface area (Å²) < 4.78 is 7.19. The van der Waals surface area contributed by atoms with E-state index in [1.807, 2.05) is 36.4 Å². The van der Waals surface area contributed by atoms with E-state index in [4.69, 9.17) is 4.43 Å². The van der Waals surface area contributed by atoms with Gasteiger partial charge in [0.05, 0.1) is 16.2 Å². The molecule has 0 spiro atoms. The number of carboxylic acids is 1. The molecule has 0 unspecified atom stereocenters. The van der Waals surface area contributed by atoms with Gasteiger partial charge in [-0.15, -0.1) is 0 Å². The van der Waals surface area contributed by atoms with Crippen molar-refractivity contribution >= 4 is 36.0 Å². The van der Waals surface area contributed by atoms with Crippen LogP contribution < -0.4 is 15.7 Å². The Bertz CT molecular complexity index is 1170. The molecule has 2 N–H and O–H groups in total. The maximum atomic E-state index is 11.9. The summed E-state index contributed by atoms with van der Waals surface area (Å²) in [4.78, 5) is 22.5. The minimum absolute atomic E-state index is 0.147. The van der Waals surface area contributed by atoms with Crippen molar-refractivity contribution in [1.29, 1.82) is 0 Å². The Balaban J connectivity index is 1.81. The van der Waals surface area contributed by atoms with Gasteiger partial charge in [-0.05, 0) is 34.3 Å². The standard InChI is InChI=1S/C26H28N2O5Si/c1-25(2,3)34(20-10-6-4-7-11-20,21-12-8-5-9-13-21)33-26(16-17-26)27-23-15-14-19(28(31)32)18-22(23)24(29)30/h4-15,18,27H,16-17H2,1-3H3,(H,29,30). The van der Waals surface area contributed by atoms with Crippen LogP contribution in [0.4, 0.5) is 11.4 Å². The van der Waals surface area contributed by atoms with Crippen molar-refractivity contribution in [3.05, 3.63) is 94.5 Å². The number of carbonyl (C=O) groups is 1. The Hall–Kier alpha value is -3.49. The van der Waals surface area contributed by atoms with Crippen LogP contribution in [0.3, 0.4) is 0 Å². The fourth-order valence-electron chi connectivity index (χ4n) is 4.49. The lowest BCUT2D eigenvalue weighted by Crippen LogP contribution is -2.68. The van der Waals surface area contributed by atoms with Gasteiger partial charge < -0.3 is 14.8 Å². The SMILES string of the molecule is CC(C)(C)[Si](OC1(Nc2ccc([N+](=O)[O-])cc2C(=O)O)CC1)(c1ccccc1)c1ccccc1. The average molecular weight is 477 g/mol. The van der Waals surface area contributed by atoms with Crippen LogP contribution >= 0.6 is 0 Å². The normalized spacial score (nSPS) is 14.9. The zero-order chi connectivity index (χ0) is 24.6. The van der Waals surface area contributed by atoms with Gasteiger partial charge in [0.2, 0.25) is 0 Å². The van der Waals surface area contributed by atoms with Crippen molar-refractivity contribution in [2.45, 2.75) is 44.4 Å². The molecule has 34 heavy (non-hydrogen) atoms. The minimum Gasteiger partial charge on any atom is -0.478 e. The third-order valence-corrected chi connectivity index (χ3v) is 11.4. The fraction of sp³-hybridized carbons (Fsp3) is 0.269. The van der Waals surface area contributed by atoms with Crippen LogP contribution in [-0.2, 0) is 4.43 Å². The maximum Gasteiger partial charge on any atom is 0.338 e. The summed E-state index contributed by atoms with van der Waals surface area (Å²) in [6.45, 7) is 6.55. The van der Waals surface area contributed by atoms with Gasteiger partial charge in [-0.2, -0.15) is 0 Å². The number of rotatable bonds is 8. The number of non-ortho nitro benzene ring substituents is 1. The maximum absolute atomic E-state index is 11.9. The molecule has 1 aliphatic rings. The summed E-state index contributed by atoms with van der Waals surface area (Å²) >= 11 is 0. The molecule has 3 aromatic carbocycles. The molecule has 3 aromatic rings. The third kappa shape index (κ3) is 4.34. The number of carboxylic acid groups (broad SMARTS) is 1. The Kier molecular flexibility index (Phi) is 6.05. The van der Waals surface area contributed by atoms with Crippen LogP contribution in [0.5, 0.6) is 0 Å². The van der Waals surface area contributed by atoms with Crippen LogP contribution in [0, 0.1) is 10.1 Å². The first kappa shape index (κ1) is 23.7. The monoisotopic (exact) mass is 476 g/mol. The molecule has 0 radical (unpaired) electrons. The van der Waals surface area contributed by atoms with Gasteiger partial charge in [0.15, 0.2) is 0 Å². The van der Waals surface area contributed by atoms with E-state index in [0.717, 1.165) is 16.4 Å². The zero-order valence-electron chi connectivity index (χ0n) is 19.4. The first-order valence-corrected chi connectivity index (χ1v) is 13.1. The molecule has 0 atom stereocenters. The van der Waals surface area contributed by atoms with Crippen molar-refractivity contribution in [1.82, 2.24) is 0 Å². The molecule has 1 aliphatic carbocycles. The highest BCUT2D eigenvalue weighted by Crippen LogP contribution is 2.48. The van der Waals surface area contributed by atoms with E-state index < -0.39 is 24.9 Å². The molecule has 0 aromatic heterocycles. The number of nitro benzene ring substituents is 1. The second-order valence-corrected chi connectivity index (χ2v) is 13.9. The topological polar surface area (TPSA) is 102 Å². The van der Waals surface area contributed by atoms with Gasteiger partial charge in [0.25, 0.3) is 14.0 Å². The lowest BCUT2D eigenvalue weighted by molar-refractivity contribution is -0.384. The summed E-state index contributed by atoms with van der Waals surface area (Å²) in [7, 11) is -2.87. The predicted octanol–water partition coefficient (Wildman–Crippen LogP) is 4.77. The van der Waals surface area contributed by atoms with Crippen molar-refractivity contribution in [2.75, 3.05) is 5.32 Å². The largest absolute Gasteiger partial charge is 0.478 e. The number of hydrogen-bond donors (Lipinski definition) is 2. The van der Waals surface area contributed by atoms with Gasteiger partial charge in [-0.25, -0.2) is 4.79 Å². The lowest BCUT2D eigenvalue weighted by Gasteiger charge is -2.45. The fourth-order valence-corrected chi connectivity index (χ4v) is 9.26. The third-order valence-electron chi connectivity index (χ3n) is 6.28. The number of nitrogens with zero attached hydrogens (tertiary/aromatic N) is 1. The molecule has 4 rings (SSSR count). The molecule has 1 fully saturated rings. The Morgan fingerprint density at radius 1 is 1.00 bits per heavy atom. The number of nitro groups is 1. The van der Waals surface area contributed by atoms with Gasteiger partial charge in [-0.1, -0.05) is 81.4 Å². The van der Waals surface area contributed by atoms with Crippen molar-refractivity contribution in [3.8, 4) is 0 Å². The molecule has 0 amide bonds. The van der Waals surface area contributed by atoms with Crippen molar-refractivity contribution < 1.29 is 19.3 Å². The molecule has 0 saturated heterocycles. The molecule has 0 bridgehead atoms. The molecule has 7 nitrogen and oxygen atoms in total. The molecule has 8 heteroatoms. The lowest BCUT2D eigenvalue weighted by atomic mass is 10.1. The second kappa shape index (κ2) is 8.70. The molecule has 0 heterocycles. The van der Waals surface area contributed by atoms with E-state index in [9.17, 15) is 20.0 Å². The van der Waals surface area contributed by atoms with E-state index in [-0.39, 0.29) is 16.3 Å². The number of anilines is 1. The van der Waals surface area contributed by atoms with Crippen molar-refractivity contribution in [2.24, 2.45) is 0 Å². The molecule has 176 valence electrons. The van der Waals surface area contributed by atoms with Crippen LogP contribution in [0.1, 0.15) is 44.0 Å². The molecular weight excluding hydrogens is 448 g/mol. The average Bonchev–Trinajstić information content (AvgIpc) is 3.56. The summed E-state index contributed by atoms with van der Waals surface area (Å²) in [6.07, 6.45) is 1.40. The van der Waals surface area contributed by atoms with Gasteiger partial charge in [0.1, 0.15) is 5.72 Å². The Morgan fingerprint density at radius 2 is 1.53 bits per heavy atom. The highest BCUT2D eigenvalue weighted by molar-refractivity contribution is 6.99. The molecule has 1 saturated carbocycles. The predicted molar refractivity (Wildman–Crippen MR) is 134 cm³/mol. The smallest absolute Gasteiger partial charge is 0.338 e. The van der Waals surface area contributed by atoms with Gasteiger partial charge >= 0.3 is 5.97 Å². The first-order valence-electron chi connectivity index (χ1n) is 11.2. The van der Waals surface area contributed by atoms with E-state index >= 15 is 0 Å². The van der Waals surface area contributed by atoms with E-state index in [1.54, 1.807) is 0 Å². The van der Waals surface area contributed by atoms with Crippen LogP contribution in [-0.4, -0.2) is 30.0 Å². The Morgan fingerprint density at radius 3 is 1.94 bits per heavy atom. The van der Waals surface area contributed by atoms with Crippen LogP contribution in [0.2, 0.25) is 5.04 Å². The molecular formula is C26H28N2O5Si. The number of hydrogen-bond acceptors (Lipinski definition) is 5. The first-order chi connectivity index (χ1) is 16.1.